The van der Waals surface area contributed by atoms with E-state index in [2.05, 4.69) is 17.1 Å². The van der Waals surface area contributed by atoms with Gasteiger partial charge in [0.05, 0.1) is 30.4 Å². The molecule has 3 aromatic carbocycles. The molecule has 1 aromatic heterocycles. The third kappa shape index (κ3) is 2.74. The zero-order chi connectivity index (χ0) is 19.1. The van der Waals surface area contributed by atoms with Gasteiger partial charge in [-0.1, -0.05) is 66.7 Å². The number of benzene rings is 3. The van der Waals surface area contributed by atoms with Crippen LogP contribution in [0.5, 0.6) is 0 Å². The molecule has 4 heteroatoms. The van der Waals surface area contributed by atoms with Crippen LogP contribution in [0.3, 0.4) is 0 Å². The Morgan fingerprint density at radius 1 is 0.929 bits per heavy atom. The summed E-state index contributed by atoms with van der Waals surface area (Å²) in [6, 6.07) is 22.9. The van der Waals surface area contributed by atoms with E-state index in [1.165, 1.54) is 6.07 Å². The van der Waals surface area contributed by atoms with E-state index in [0.29, 0.717) is 12.0 Å². The minimum Gasteiger partial charge on any atom is -0.388 e. The van der Waals surface area contributed by atoms with Gasteiger partial charge in [-0.05, 0) is 22.8 Å². The normalized spacial score (nSPS) is 15.9. The van der Waals surface area contributed by atoms with Crippen LogP contribution in [0.1, 0.15) is 29.7 Å². The summed E-state index contributed by atoms with van der Waals surface area (Å²) in [6.07, 6.45) is 3.15. The second-order valence-corrected chi connectivity index (χ2v) is 7.14. The first-order valence-corrected chi connectivity index (χ1v) is 9.36. The highest BCUT2D eigenvalue weighted by atomic mass is 19.1. The number of hydrogen-bond donors (Lipinski definition) is 1. The number of halogens is 1. The molecule has 4 aromatic rings. The highest BCUT2D eigenvalue weighted by Crippen LogP contribution is 2.44. The number of hydrogen-bond acceptors (Lipinski definition) is 2. The van der Waals surface area contributed by atoms with Crippen molar-refractivity contribution in [2.45, 2.75) is 18.6 Å². The molecule has 0 radical (unpaired) electrons. The lowest BCUT2D eigenvalue weighted by atomic mass is 9.94. The van der Waals surface area contributed by atoms with Gasteiger partial charge in [-0.3, -0.25) is 0 Å². The quantitative estimate of drug-likeness (QED) is 0.523. The molecule has 0 bridgehead atoms. The fourth-order valence-electron chi connectivity index (χ4n) is 4.11. The standard InChI is InChI=1S/C24H19FN2O/c25-20-8-4-7-19-22-14-26-15-27(22)21(24(19)20)13-23(28)18-11-9-17(10-12-18)16-5-2-1-3-6-16/h1-12,14-15,21,23,28H,13H2. The Morgan fingerprint density at radius 2 is 1.68 bits per heavy atom. The molecule has 28 heavy (non-hydrogen) atoms. The molecule has 1 aliphatic heterocycles. The first-order valence-electron chi connectivity index (χ1n) is 9.36. The van der Waals surface area contributed by atoms with Crippen molar-refractivity contribution in [2.75, 3.05) is 0 Å². The van der Waals surface area contributed by atoms with Gasteiger partial charge in [-0.2, -0.15) is 0 Å². The molecule has 138 valence electrons. The lowest BCUT2D eigenvalue weighted by Crippen LogP contribution is -2.11. The van der Waals surface area contributed by atoms with Crippen LogP contribution >= 0.6 is 0 Å². The predicted octanol–water partition coefficient (Wildman–Crippen LogP) is 5.38. The molecule has 0 fully saturated rings. The number of nitrogens with zero attached hydrogens (tertiary/aromatic N) is 2. The minimum absolute atomic E-state index is 0.238. The van der Waals surface area contributed by atoms with Gasteiger partial charge in [0, 0.05) is 17.5 Å². The van der Waals surface area contributed by atoms with Crippen LogP contribution in [0.2, 0.25) is 0 Å². The summed E-state index contributed by atoms with van der Waals surface area (Å²) in [7, 11) is 0. The van der Waals surface area contributed by atoms with Gasteiger partial charge in [0.1, 0.15) is 5.82 Å². The summed E-state index contributed by atoms with van der Waals surface area (Å²) in [5.41, 5.74) is 5.45. The average molecular weight is 370 g/mol. The van der Waals surface area contributed by atoms with Gasteiger partial charge in [-0.15, -0.1) is 0 Å². The third-order valence-electron chi connectivity index (χ3n) is 5.51. The lowest BCUT2D eigenvalue weighted by molar-refractivity contribution is 0.153. The fourth-order valence-corrected chi connectivity index (χ4v) is 4.11. The molecule has 0 spiro atoms. The first-order chi connectivity index (χ1) is 13.7. The van der Waals surface area contributed by atoms with Crippen LogP contribution in [-0.4, -0.2) is 14.7 Å². The van der Waals surface area contributed by atoms with Crippen molar-refractivity contribution in [2.24, 2.45) is 0 Å². The van der Waals surface area contributed by atoms with E-state index in [0.717, 1.165) is 27.9 Å². The van der Waals surface area contributed by atoms with Crippen molar-refractivity contribution >= 4 is 0 Å². The molecule has 2 unspecified atom stereocenters. The Morgan fingerprint density at radius 3 is 2.46 bits per heavy atom. The number of imidazole rings is 1. The fraction of sp³-hybridized carbons (Fsp3) is 0.125. The number of aliphatic hydroxyl groups is 1. The van der Waals surface area contributed by atoms with Gasteiger partial charge in [0.2, 0.25) is 0 Å². The first kappa shape index (κ1) is 16.9. The molecule has 0 saturated carbocycles. The van der Waals surface area contributed by atoms with Crippen LogP contribution in [0.15, 0.2) is 85.3 Å². The number of aromatic nitrogens is 2. The molecular weight excluding hydrogens is 351 g/mol. The summed E-state index contributed by atoms with van der Waals surface area (Å²) >= 11 is 0. The van der Waals surface area contributed by atoms with Crippen molar-refractivity contribution in [1.82, 2.24) is 9.55 Å². The maximum Gasteiger partial charge on any atom is 0.129 e. The van der Waals surface area contributed by atoms with E-state index in [1.54, 1.807) is 18.6 Å². The van der Waals surface area contributed by atoms with Gasteiger partial charge in [0.15, 0.2) is 0 Å². The molecule has 0 aliphatic carbocycles. The molecule has 2 heterocycles. The van der Waals surface area contributed by atoms with Gasteiger partial charge in [-0.25, -0.2) is 9.37 Å². The number of rotatable bonds is 4. The van der Waals surface area contributed by atoms with E-state index in [-0.39, 0.29) is 11.9 Å². The van der Waals surface area contributed by atoms with Crippen molar-refractivity contribution in [3.8, 4) is 22.4 Å². The molecule has 2 atom stereocenters. The smallest absolute Gasteiger partial charge is 0.129 e. The minimum atomic E-state index is -0.698. The zero-order valence-electron chi connectivity index (χ0n) is 15.2. The third-order valence-corrected chi connectivity index (χ3v) is 5.51. The molecule has 3 nitrogen and oxygen atoms in total. The second-order valence-electron chi connectivity index (χ2n) is 7.14. The van der Waals surface area contributed by atoms with Crippen molar-refractivity contribution in [1.29, 1.82) is 0 Å². The molecule has 0 saturated heterocycles. The Kier molecular flexibility index (Phi) is 4.06. The van der Waals surface area contributed by atoms with Gasteiger partial charge >= 0.3 is 0 Å². The molecule has 1 aliphatic rings. The van der Waals surface area contributed by atoms with Crippen LogP contribution in [0.25, 0.3) is 22.4 Å². The molecule has 1 N–H and O–H groups in total. The lowest BCUT2D eigenvalue weighted by Gasteiger charge is -2.20. The Balaban J connectivity index is 1.43. The Labute approximate surface area is 162 Å². The van der Waals surface area contributed by atoms with Crippen LogP contribution < -0.4 is 0 Å². The summed E-state index contributed by atoms with van der Waals surface area (Å²) in [4.78, 5) is 4.21. The van der Waals surface area contributed by atoms with Crippen LogP contribution in [-0.2, 0) is 0 Å². The van der Waals surface area contributed by atoms with Crippen molar-refractivity contribution < 1.29 is 9.50 Å². The largest absolute Gasteiger partial charge is 0.388 e. The Bertz CT molecular complexity index is 1120. The molecule has 5 rings (SSSR count). The van der Waals surface area contributed by atoms with Crippen molar-refractivity contribution in [3.63, 3.8) is 0 Å². The van der Waals surface area contributed by atoms with Crippen LogP contribution in [0, 0.1) is 5.82 Å². The van der Waals surface area contributed by atoms with Gasteiger partial charge in [0.25, 0.3) is 0 Å². The second kappa shape index (κ2) is 6.73. The van der Waals surface area contributed by atoms with E-state index >= 15 is 0 Å². The van der Waals surface area contributed by atoms with E-state index in [1.807, 2.05) is 53.1 Å². The highest BCUT2D eigenvalue weighted by Gasteiger charge is 2.32. The summed E-state index contributed by atoms with van der Waals surface area (Å²) in [5, 5.41) is 10.9. The molecule has 0 amide bonds. The zero-order valence-corrected chi connectivity index (χ0v) is 15.2. The average Bonchev–Trinajstić information content (AvgIpc) is 3.32. The van der Waals surface area contributed by atoms with E-state index in [4.69, 9.17) is 0 Å². The number of fused-ring (bicyclic) bond motifs is 3. The Hall–Kier alpha value is -3.24. The van der Waals surface area contributed by atoms with Gasteiger partial charge < -0.3 is 9.67 Å². The van der Waals surface area contributed by atoms with Crippen LogP contribution in [0.4, 0.5) is 4.39 Å². The predicted molar refractivity (Wildman–Crippen MR) is 107 cm³/mol. The SMILES string of the molecule is OC(CC1c2c(F)cccc2-c2cncn21)c1ccc(-c2ccccc2)cc1. The number of aliphatic hydroxyl groups excluding tert-OH is 1. The maximum absolute atomic E-state index is 14.6. The topological polar surface area (TPSA) is 38.1 Å². The monoisotopic (exact) mass is 370 g/mol. The van der Waals surface area contributed by atoms with E-state index < -0.39 is 6.10 Å². The van der Waals surface area contributed by atoms with Crippen molar-refractivity contribution in [3.05, 3.63) is 102 Å². The van der Waals surface area contributed by atoms with E-state index in [9.17, 15) is 9.50 Å². The summed E-state index contributed by atoms with van der Waals surface area (Å²) < 4.78 is 16.5. The summed E-state index contributed by atoms with van der Waals surface area (Å²) in [5.74, 6) is -0.238. The maximum atomic E-state index is 14.6. The molecular formula is C24H19FN2O. The highest BCUT2D eigenvalue weighted by molar-refractivity contribution is 5.69. The summed E-state index contributed by atoms with van der Waals surface area (Å²) in [6.45, 7) is 0.